The van der Waals surface area contributed by atoms with Gasteiger partial charge in [-0.1, -0.05) is 60.7 Å². The summed E-state index contributed by atoms with van der Waals surface area (Å²) in [7, 11) is 0. The Morgan fingerprint density at radius 3 is 2.65 bits per heavy atom. The van der Waals surface area contributed by atoms with E-state index in [0.717, 1.165) is 17.0 Å². The van der Waals surface area contributed by atoms with Crippen molar-refractivity contribution < 1.29 is 4.79 Å². The Morgan fingerprint density at radius 2 is 1.87 bits per heavy atom. The molecule has 2 heterocycles. The number of benzene rings is 2. The minimum absolute atomic E-state index is 0.120. The first-order valence-corrected chi connectivity index (χ1v) is 10.9. The van der Waals surface area contributed by atoms with Gasteiger partial charge in [-0.15, -0.1) is 0 Å². The Hall–Kier alpha value is -3.52. The van der Waals surface area contributed by atoms with E-state index < -0.39 is 0 Å². The molecule has 0 saturated carbocycles. The van der Waals surface area contributed by atoms with Gasteiger partial charge in [0, 0.05) is 11.8 Å². The van der Waals surface area contributed by atoms with E-state index in [1.165, 1.54) is 21.9 Å². The van der Waals surface area contributed by atoms with Gasteiger partial charge in [0.25, 0.3) is 11.5 Å². The van der Waals surface area contributed by atoms with E-state index in [1.54, 1.807) is 6.07 Å². The maximum absolute atomic E-state index is 12.9. The fourth-order valence-corrected chi connectivity index (χ4v) is 4.11. The molecule has 158 valence electrons. The average Bonchev–Trinajstić information content (AvgIpc) is 3.22. The minimum Gasteiger partial charge on any atom is -0.379 e. The van der Waals surface area contributed by atoms with E-state index in [-0.39, 0.29) is 17.5 Å². The number of nitrogens with zero attached hydrogens (tertiary/aromatic N) is 3. The van der Waals surface area contributed by atoms with Crippen molar-refractivity contribution in [2.75, 3.05) is 5.32 Å². The fourth-order valence-electron chi connectivity index (χ4n) is 3.25. The Kier molecular flexibility index (Phi) is 6.08. The van der Waals surface area contributed by atoms with Gasteiger partial charge in [-0.25, -0.2) is 4.98 Å². The number of aryl methyl sites for hydroxylation is 1. The van der Waals surface area contributed by atoms with Crippen molar-refractivity contribution in [1.29, 1.82) is 0 Å². The van der Waals surface area contributed by atoms with Crippen LogP contribution in [0.25, 0.3) is 4.96 Å². The van der Waals surface area contributed by atoms with Gasteiger partial charge in [0.05, 0.1) is 23.8 Å². The molecule has 2 N–H and O–H groups in total. The van der Waals surface area contributed by atoms with Crippen molar-refractivity contribution in [3.8, 4) is 0 Å². The molecule has 1 amide bonds. The average molecular weight is 434 g/mol. The van der Waals surface area contributed by atoms with Gasteiger partial charge in [-0.2, -0.15) is 9.61 Å². The first kappa shape index (κ1) is 20.7. The number of nitrogens with one attached hydrogen (secondary N) is 2. The van der Waals surface area contributed by atoms with Gasteiger partial charge in [-0.3, -0.25) is 9.59 Å². The second kappa shape index (κ2) is 9.09. The number of carbonyl (C=O) groups excluding carboxylic acids is 1. The minimum atomic E-state index is -0.208. The molecule has 0 spiro atoms. The zero-order chi connectivity index (χ0) is 21.8. The molecule has 1 atom stereocenters. The third kappa shape index (κ3) is 4.64. The number of anilines is 1. The summed E-state index contributed by atoms with van der Waals surface area (Å²) in [4.78, 5) is 30.4. The van der Waals surface area contributed by atoms with Crippen LogP contribution in [0.3, 0.4) is 0 Å². The van der Waals surface area contributed by atoms with E-state index in [2.05, 4.69) is 20.7 Å². The lowest BCUT2D eigenvalue weighted by Crippen LogP contribution is -2.27. The highest BCUT2D eigenvalue weighted by atomic mass is 32.1. The summed E-state index contributed by atoms with van der Waals surface area (Å²) in [5.74, 6) is -0.169. The molecule has 0 aliphatic heterocycles. The molecule has 0 saturated heterocycles. The predicted molar refractivity (Wildman–Crippen MR) is 123 cm³/mol. The van der Waals surface area contributed by atoms with Crippen LogP contribution in [0.4, 0.5) is 5.69 Å². The molecule has 31 heavy (non-hydrogen) atoms. The monoisotopic (exact) mass is 433 g/mol. The van der Waals surface area contributed by atoms with Crippen LogP contribution in [0.1, 0.15) is 46.5 Å². The summed E-state index contributed by atoms with van der Waals surface area (Å²) in [6.45, 7) is 4.27. The second-order valence-electron chi connectivity index (χ2n) is 7.13. The van der Waals surface area contributed by atoms with Crippen LogP contribution in [0.2, 0.25) is 0 Å². The summed E-state index contributed by atoms with van der Waals surface area (Å²) in [5, 5.41) is 11.4. The lowest BCUT2D eigenvalue weighted by atomic mass is 10.1. The zero-order valence-corrected chi connectivity index (χ0v) is 18.1. The molecule has 0 unspecified atom stereocenters. The SMILES string of the molecule is CCc1nn2c(=O)cc(CNc3ccccc3C(=O)N[C@H](C)c3ccccc3)nc2s1. The standard InChI is InChI=1S/C23H23N5O2S/c1-3-20-27-28-21(29)13-17(26-23(28)31-20)14-24-19-12-8-7-11-18(19)22(30)25-15(2)16-9-5-4-6-10-16/h4-13,15,24H,3,14H2,1-2H3,(H,25,30)/t15-/m1/s1. The van der Waals surface area contributed by atoms with E-state index in [4.69, 9.17) is 0 Å². The number of carbonyl (C=O) groups is 1. The first-order valence-electron chi connectivity index (χ1n) is 10.1. The molecule has 2 aromatic carbocycles. The molecule has 0 radical (unpaired) electrons. The molecule has 0 bridgehead atoms. The van der Waals surface area contributed by atoms with Gasteiger partial charge in [0.1, 0.15) is 5.01 Å². The Labute approximate surface area is 183 Å². The Morgan fingerprint density at radius 1 is 1.13 bits per heavy atom. The maximum atomic E-state index is 12.9. The van der Waals surface area contributed by atoms with Crippen LogP contribution in [0, 0.1) is 0 Å². The van der Waals surface area contributed by atoms with Gasteiger partial charge in [-0.05, 0) is 31.0 Å². The van der Waals surface area contributed by atoms with Crippen LogP contribution in [-0.4, -0.2) is 20.5 Å². The van der Waals surface area contributed by atoms with E-state index in [1.807, 2.05) is 62.4 Å². The number of fused-ring (bicyclic) bond motifs is 1. The summed E-state index contributed by atoms with van der Waals surface area (Å²) < 4.78 is 1.33. The number of aromatic nitrogens is 3. The van der Waals surface area contributed by atoms with Crippen molar-refractivity contribution in [3.05, 3.63) is 92.8 Å². The quantitative estimate of drug-likeness (QED) is 0.463. The number of hydrogen-bond acceptors (Lipinski definition) is 6. The van der Waals surface area contributed by atoms with Crippen LogP contribution in [-0.2, 0) is 13.0 Å². The fraction of sp³-hybridized carbons (Fsp3) is 0.217. The van der Waals surface area contributed by atoms with Crippen LogP contribution in [0.5, 0.6) is 0 Å². The molecular weight excluding hydrogens is 410 g/mol. The highest BCUT2D eigenvalue weighted by Crippen LogP contribution is 2.19. The highest BCUT2D eigenvalue weighted by molar-refractivity contribution is 7.16. The van der Waals surface area contributed by atoms with Crippen molar-refractivity contribution in [1.82, 2.24) is 19.9 Å². The van der Waals surface area contributed by atoms with Crippen LogP contribution < -0.4 is 16.2 Å². The largest absolute Gasteiger partial charge is 0.379 e. The summed E-state index contributed by atoms with van der Waals surface area (Å²) in [6.07, 6.45) is 0.755. The molecule has 4 rings (SSSR count). The number of amides is 1. The van der Waals surface area contributed by atoms with E-state index in [9.17, 15) is 9.59 Å². The van der Waals surface area contributed by atoms with Crippen molar-refractivity contribution in [2.24, 2.45) is 0 Å². The van der Waals surface area contributed by atoms with E-state index in [0.29, 0.717) is 28.5 Å². The Bertz CT molecular complexity index is 1270. The highest BCUT2D eigenvalue weighted by Gasteiger charge is 2.15. The normalized spacial score (nSPS) is 11.9. The number of hydrogen-bond donors (Lipinski definition) is 2. The Balaban J connectivity index is 1.50. The van der Waals surface area contributed by atoms with Gasteiger partial charge in [0.2, 0.25) is 4.96 Å². The van der Waals surface area contributed by atoms with Crippen LogP contribution in [0.15, 0.2) is 65.5 Å². The zero-order valence-electron chi connectivity index (χ0n) is 17.3. The van der Waals surface area contributed by atoms with Gasteiger partial charge >= 0.3 is 0 Å². The smallest absolute Gasteiger partial charge is 0.275 e. The number of para-hydroxylation sites is 1. The topological polar surface area (TPSA) is 88.4 Å². The molecule has 0 fully saturated rings. The van der Waals surface area contributed by atoms with Crippen LogP contribution >= 0.6 is 11.3 Å². The number of rotatable bonds is 7. The van der Waals surface area contributed by atoms with Gasteiger partial charge in [0.15, 0.2) is 0 Å². The summed E-state index contributed by atoms with van der Waals surface area (Å²) in [5.41, 5.74) is 2.65. The van der Waals surface area contributed by atoms with Crippen molar-refractivity contribution in [3.63, 3.8) is 0 Å². The summed E-state index contributed by atoms with van der Waals surface area (Å²) in [6, 6.07) is 18.5. The maximum Gasteiger partial charge on any atom is 0.275 e. The third-order valence-corrected chi connectivity index (χ3v) is 5.97. The van der Waals surface area contributed by atoms with Crippen molar-refractivity contribution in [2.45, 2.75) is 32.9 Å². The molecule has 7 nitrogen and oxygen atoms in total. The second-order valence-corrected chi connectivity index (χ2v) is 8.17. The molecule has 0 aliphatic carbocycles. The van der Waals surface area contributed by atoms with Gasteiger partial charge < -0.3 is 10.6 Å². The molecule has 0 aliphatic rings. The summed E-state index contributed by atoms with van der Waals surface area (Å²) >= 11 is 1.41. The lowest BCUT2D eigenvalue weighted by Gasteiger charge is -2.16. The first-order chi connectivity index (χ1) is 15.0. The molecule has 2 aromatic heterocycles. The molecule has 8 heteroatoms. The van der Waals surface area contributed by atoms with Crippen molar-refractivity contribution >= 4 is 27.9 Å². The van der Waals surface area contributed by atoms with E-state index >= 15 is 0 Å². The molecular formula is C23H23N5O2S. The lowest BCUT2D eigenvalue weighted by molar-refractivity contribution is 0.0940. The molecule has 4 aromatic rings. The predicted octanol–water partition coefficient (Wildman–Crippen LogP) is 3.82. The third-order valence-electron chi connectivity index (χ3n) is 4.92.